The molecule has 0 radical (unpaired) electrons. The molecule has 4 nitrogen and oxygen atoms in total. The number of rotatable bonds is 4. The van der Waals surface area contributed by atoms with Gasteiger partial charge < -0.3 is 0 Å². The maximum absolute atomic E-state index is 11.9. The summed E-state index contributed by atoms with van der Waals surface area (Å²) in [6.45, 7) is 6.85. The Balaban J connectivity index is 2.11. The molecule has 1 saturated heterocycles. The smallest absolute Gasteiger partial charge is 0.211 e. The van der Waals surface area contributed by atoms with E-state index in [4.69, 9.17) is 23.2 Å². The number of allylic oxidation sites excluding steroid dienone is 3. The van der Waals surface area contributed by atoms with E-state index >= 15 is 0 Å². The number of sulfonamides is 1. The summed E-state index contributed by atoms with van der Waals surface area (Å²) in [7, 11) is -3.17. The van der Waals surface area contributed by atoms with Crippen LogP contribution in [0.2, 0.25) is 5.02 Å². The lowest BCUT2D eigenvalue weighted by molar-refractivity contribution is 0.265. The lowest BCUT2D eigenvalue weighted by Crippen LogP contribution is -2.40. The number of piperidine rings is 1. The number of nitrogens with zero attached hydrogens (tertiary/aromatic N) is 2. The van der Waals surface area contributed by atoms with E-state index in [1.165, 1.54) is 6.26 Å². The molecule has 7 heteroatoms. The van der Waals surface area contributed by atoms with Crippen molar-refractivity contribution in [3.05, 3.63) is 64.3 Å². The molecule has 1 atom stereocenters. The summed E-state index contributed by atoms with van der Waals surface area (Å²) >= 11 is 12.6. The van der Waals surface area contributed by atoms with Crippen LogP contribution in [-0.4, -0.2) is 43.7 Å². The molecule has 1 aliphatic carbocycles. The van der Waals surface area contributed by atoms with E-state index in [1.807, 2.05) is 25.1 Å². The molecule has 1 fully saturated rings. The standard InChI is InChI=1S/C22H26Cl2N2O2S/c1-4-19-17(14-23)12-16-13-18(24)6-7-20(16)21(22(19)25-5-2)15-8-10-26(11-9-15)29(3,27)28/h4-7,12-13,15,21H,2,8-11,14H2,1,3H3/b19-4-,25-22?. The Bertz CT molecular complexity index is 988. The highest BCUT2D eigenvalue weighted by molar-refractivity contribution is 7.88. The van der Waals surface area contributed by atoms with Crippen LogP contribution in [0.4, 0.5) is 0 Å². The van der Waals surface area contributed by atoms with E-state index in [-0.39, 0.29) is 11.8 Å². The van der Waals surface area contributed by atoms with E-state index in [0.29, 0.717) is 24.0 Å². The zero-order valence-electron chi connectivity index (χ0n) is 16.7. The van der Waals surface area contributed by atoms with Crippen molar-refractivity contribution >= 4 is 45.0 Å². The molecule has 0 bridgehead atoms. The fraction of sp³-hybridized carbons (Fsp3) is 0.409. The van der Waals surface area contributed by atoms with Gasteiger partial charge in [-0.05, 0) is 66.2 Å². The Morgan fingerprint density at radius 3 is 2.55 bits per heavy atom. The van der Waals surface area contributed by atoms with Gasteiger partial charge in [0.05, 0.1) is 12.0 Å². The van der Waals surface area contributed by atoms with Gasteiger partial charge in [0.25, 0.3) is 0 Å². The lowest BCUT2D eigenvalue weighted by Gasteiger charge is -2.36. The third-order valence-corrected chi connectivity index (χ3v) is 7.56. The van der Waals surface area contributed by atoms with Gasteiger partial charge in [0, 0.05) is 36.1 Å². The second-order valence-electron chi connectivity index (χ2n) is 7.45. The molecule has 29 heavy (non-hydrogen) atoms. The second kappa shape index (κ2) is 9.17. The highest BCUT2D eigenvalue weighted by Crippen LogP contribution is 2.42. The molecule has 0 N–H and O–H groups in total. The molecule has 0 saturated carbocycles. The summed E-state index contributed by atoms with van der Waals surface area (Å²) < 4.78 is 25.5. The number of benzene rings is 1. The Labute approximate surface area is 183 Å². The first-order valence-electron chi connectivity index (χ1n) is 9.67. The molecule has 1 heterocycles. The monoisotopic (exact) mass is 452 g/mol. The van der Waals surface area contributed by atoms with E-state index in [1.54, 1.807) is 10.5 Å². The molecule has 0 amide bonds. The van der Waals surface area contributed by atoms with Crippen molar-refractivity contribution in [3.63, 3.8) is 0 Å². The minimum atomic E-state index is -3.17. The predicted octanol–water partition coefficient (Wildman–Crippen LogP) is 5.26. The summed E-state index contributed by atoms with van der Waals surface area (Å²) in [5.74, 6) is 0.635. The topological polar surface area (TPSA) is 49.7 Å². The number of aliphatic imine (C=N–C) groups is 1. The van der Waals surface area contributed by atoms with Crippen molar-refractivity contribution in [2.24, 2.45) is 10.9 Å². The van der Waals surface area contributed by atoms with Gasteiger partial charge in [-0.25, -0.2) is 12.7 Å². The molecule has 1 aromatic rings. The molecule has 3 rings (SSSR count). The largest absolute Gasteiger partial charge is 0.261 e. The Morgan fingerprint density at radius 1 is 1.31 bits per heavy atom. The third-order valence-electron chi connectivity index (χ3n) is 5.73. The molecular formula is C22H26Cl2N2O2S. The van der Waals surface area contributed by atoms with Crippen molar-refractivity contribution in [3.8, 4) is 0 Å². The van der Waals surface area contributed by atoms with Gasteiger partial charge in [-0.2, -0.15) is 0 Å². The average molecular weight is 453 g/mol. The van der Waals surface area contributed by atoms with Crippen LogP contribution < -0.4 is 0 Å². The van der Waals surface area contributed by atoms with Crippen molar-refractivity contribution < 1.29 is 8.42 Å². The van der Waals surface area contributed by atoms with E-state index in [9.17, 15) is 8.42 Å². The first-order chi connectivity index (χ1) is 13.8. The maximum Gasteiger partial charge on any atom is 0.211 e. The van der Waals surface area contributed by atoms with Crippen LogP contribution in [0.1, 0.15) is 36.8 Å². The van der Waals surface area contributed by atoms with Gasteiger partial charge in [0.1, 0.15) is 0 Å². The predicted molar refractivity (Wildman–Crippen MR) is 123 cm³/mol. The van der Waals surface area contributed by atoms with Crippen LogP contribution in [0.5, 0.6) is 0 Å². The third kappa shape index (κ3) is 4.69. The van der Waals surface area contributed by atoms with Gasteiger partial charge in [-0.15, -0.1) is 11.6 Å². The Morgan fingerprint density at radius 2 is 2.00 bits per heavy atom. The van der Waals surface area contributed by atoms with Crippen molar-refractivity contribution in [2.75, 3.05) is 25.2 Å². The van der Waals surface area contributed by atoms with Crippen LogP contribution >= 0.6 is 23.2 Å². The van der Waals surface area contributed by atoms with Crippen molar-refractivity contribution in [1.29, 1.82) is 0 Å². The second-order valence-corrected chi connectivity index (χ2v) is 10.1. The molecule has 0 aromatic heterocycles. The van der Waals surface area contributed by atoms with Gasteiger partial charge in [-0.3, -0.25) is 4.99 Å². The maximum atomic E-state index is 11.9. The lowest BCUT2D eigenvalue weighted by atomic mass is 9.75. The van der Waals surface area contributed by atoms with Crippen LogP contribution in [0.15, 0.2) is 53.2 Å². The van der Waals surface area contributed by atoms with Crippen molar-refractivity contribution in [2.45, 2.75) is 25.7 Å². The first-order valence-corrected chi connectivity index (χ1v) is 12.4. The summed E-state index contributed by atoms with van der Waals surface area (Å²) in [4.78, 5) is 4.69. The van der Waals surface area contributed by atoms with Crippen LogP contribution in [0.25, 0.3) is 6.08 Å². The molecule has 1 aromatic carbocycles. The molecule has 2 aliphatic rings. The summed E-state index contributed by atoms with van der Waals surface area (Å²) in [5.41, 5.74) is 5.13. The zero-order valence-corrected chi connectivity index (χ0v) is 19.1. The van der Waals surface area contributed by atoms with Gasteiger partial charge >= 0.3 is 0 Å². The Kier molecular flexibility index (Phi) is 7.05. The van der Waals surface area contributed by atoms with Crippen molar-refractivity contribution in [1.82, 2.24) is 4.31 Å². The van der Waals surface area contributed by atoms with Crippen LogP contribution in [-0.2, 0) is 10.0 Å². The molecule has 0 spiro atoms. The Hall–Kier alpha value is -1.40. The number of alkyl halides is 1. The molecule has 1 aliphatic heterocycles. The van der Waals surface area contributed by atoms with Gasteiger partial charge in [0.15, 0.2) is 0 Å². The van der Waals surface area contributed by atoms with Gasteiger partial charge in [0.2, 0.25) is 10.0 Å². The van der Waals surface area contributed by atoms with E-state index < -0.39 is 10.0 Å². The number of fused-ring (bicyclic) bond motifs is 1. The minimum Gasteiger partial charge on any atom is -0.261 e. The van der Waals surface area contributed by atoms with Crippen LogP contribution in [0.3, 0.4) is 0 Å². The van der Waals surface area contributed by atoms with E-state index in [0.717, 1.165) is 40.8 Å². The summed E-state index contributed by atoms with van der Waals surface area (Å²) in [6.07, 6.45) is 8.52. The SMILES string of the molecule is C=CN=C1/C(=C\C)C(CCl)=Cc2cc(Cl)ccc2C1C1CCN(S(C)(=O)=O)CC1. The fourth-order valence-electron chi connectivity index (χ4n) is 4.41. The summed E-state index contributed by atoms with van der Waals surface area (Å²) in [5, 5.41) is 0.672. The molecular weight excluding hydrogens is 427 g/mol. The summed E-state index contributed by atoms with van der Waals surface area (Å²) in [6, 6.07) is 5.93. The first kappa shape index (κ1) is 22.3. The minimum absolute atomic E-state index is 0.0187. The fourth-order valence-corrected chi connectivity index (χ4v) is 5.68. The number of hydrogen-bond donors (Lipinski definition) is 0. The van der Waals surface area contributed by atoms with Gasteiger partial charge in [-0.1, -0.05) is 30.3 Å². The number of halogens is 2. The average Bonchev–Trinajstić information content (AvgIpc) is 2.81. The highest BCUT2D eigenvalue weighted by Gasteiger charge is 2.37. The zero-order chi connectivity index (χ0) is 21.2. The van der Waals surface area contributed by atoms with E-state index in [2.05, 4.69) is 23.7 Å². The number of hydrogen-bond acceptors (Lipinski definition) is 3. The molecule has 1 unspecified atom stereocenters. The quantitative estimate of drug-likeness (QED) is 0.584. The molecule has 156 valence electrons. The highest BCUT2D eigenvalue weighted by atomic mass is 35.5. The van der Waals surface area contributed by atoms with Crippen LogP contribution in [0, 0.1) is 5.92 Å². The normalized spacial score (nSPS) is 24.3.